The predicted octanol–water partition coefficient (Wildman–Crippen LogP) is 2.95. The number of carbonyl (C=O) groups is 2. The van der Waals surface area contributed by atoms with E-state index in [0.29, 0.717) is 13.0 Å². The number of hydrogen-bond donors (Lipinski definition) is 1. The Morgan fingerprint density at radius 3 is 3.09 bits per heavy atom. The van der Waals surface area contributed by atoms with Crippen LogP contribution in [0.1, 0.15) is 30.7 Å². The number of amides is 2. The van der Waals surface area contributed by atoms with E-state index >= 15 is 0 Å². The van der Waals surface area contributed by atoms with Gasteiger partial charge in [0.25, 0.3) is 0 Å². The first kappa shape index (κ1) is 15.0. The molecule has 6 heteroatoms. The Balaban J connectivity index is 1.65. The number of hydrogen-bond acceptors (Lipinski definition) is 4. The van der Waals surface area contributed by atoms with Gasteiger partial charge in [0.15, 0.2) is 0 Å². The van der Waals surface area contributed by atoms with E-state index < -0.39 is 0 Å². The molecule has 22 heavy (non-hydrogen) atoms. The summed E-state index contributed by atoms with van der Waals surface area (Å²) in [5.41, 5.74) is 1.70. The van der Waals surface area contributed by atoms with Crippen molar-refractivity contribution in [3.63, 3.8) is 0 Å². The van der Waals surface area contributed by atoms with Gasteiger partial charge in [-0.2, -0.15) is 0 Å². The van der Waals surface area contributed by atoms with Gasteiger partial charge in [-0.05, 0) is 38.0 Å². The third kappa shape index (κ3) is 3.44. The SMILES string of the molecule is Cc1nc2ccc(NC(=O)CN3CCCCCC3=O)cc2s1. The maximum atomic E-state index is 12.2. The Kier molecular flexibility index (Phi) is 4.38. The Labute approximate surface area is 133 Å². The lowest BCUT2D eigenvalue weighted by Crippen LogP contribution is -2.37. The summed E-state index contributed by atoms with van der Waals surface area (Å²) in [6.07, 6.45) is 3.52. The zero-order valence-corrected chi connectivity index (χ0v) is 13.4. The molecule has 0 radical (unpaired) electrons. The number of nitrogens with zero attached hydrogens (tertiary/aromatic N) is 2. The molecule has 1 aromatic carbocycles. The minimum Gasteiger partial charge on any atom is -0.333 e. The molecule has 0 unspecified atom stereocenters. The summed E-state index contributed by atoms with van der Waals surface area (Å²) in [4.78, 5) is 30.1. The molecule has 1 saturated heterocycles. The summed E-state index contributed by atoms with van der Waals surface area (Å²) >= 11 is 1.61. The fraction of sp³-hybridized carbons (Fsp3) is 0.438. The maximum absolute atomic E-state index is 12.2. The van der Waals surface area contributed by atoms with Crippen LogP contribution < -0.4 is 5.32 Å². The second kappa shape index (κ2) is 6.44. The second-order valence-corrected chi connectivity index (χ2v) is 6.82. The highest BCUT2D eigenvalue weighted by Crippen LogP contribution is 2.24. The van der Waals surface area contributed by atoms with Crippen LogP contribution in [0, 0.1) is 6.92 Å². The Morgan fingerprint density at radius 1 is 1.36 bits per heavy atom. The number of aromatic nitrogens is 1. The normalized spacial score (nSPS) is 15.9. The zero-order chi connectivity index (χ0) is 15.5. The number of aryl methyl sites for hydroxylation is 1. The van der Waals surface area contributed by atoms with Crippen LogP contribution in [-0.4, -0.2) is 34.8 Å². The highest BCUT2D eigenvalue weighted by molar-refractivity contribution is 7.18. The van der Waals surface area contributed by atoms with Gasteiger partial charge < -0.3 is 10.2 Å². The number of anilines is 1. The second-order valence-electron chi connectivity index (χ2n) is 5.59. The van der Waals surface area contributed by atoms with E-state index in [1.165, 1.54) is 0 Å². The van der Waals surface area contributed by atoms with Crippen molar-refractivity contribution >= 4 is 39.1 Å². The first-order chi connectivity index (χ1) is 10.6. The van der Waals surface area contributed by atoms with Crippen molar-refractivity contribution in [2.24, 2.45) is 0 Å². The standard InChI is InChI=1S/C16H19N3O2S/c1-11-17-13-7-6-12(9-14(13)22-11)18-15(20)10-19-8-4-2-3-5-16(19)21/h6-7,9H,2-5,8,10H2,1H3,(H,18,20). The third-order valence-corrected chi connectivity index (χ3v) is 4.72. The van der Waals surface area contributed by atoms with E-state index in [9.17, 15) is 9.59 Å². The average Bonchev–Trinajstić information content (AvgIpc) is 2.72. The van der Waals surface area contributed by atoms with Gasteiger partial charge in [0.1, 0.15) is 0 Å². The Bertz CT molecular complexity index is 710. The van der Waals surface area contributed by atoms with Crippen molar-refractivity contribution in [1.82, 2.24) is 9.88 Å². The molecule has 116 valence electrons. The number of benzene rings is 1. The minimum atomic E-state index is -0.143. The van der Waals surface area contributed by atoms with Crippen LogP contribution in [0.5, 0.6) is 0 Å². The summed E-state index contributed by atoms with van der Waals surface area (Å²) < 4.78 is 1.06. The van der Waals surface area contributed by atoms with Crippen LogP contribution in [-0.2, 0) is 9.59 Å². The zero-order valence-electron chi connectivity index (χ0n) is 12.6. The molecule has 1 fully saturated rings. The molecule has 5 nitrogen and oxygen atoms in total. The number of rotatable bonds is 3. The number of thiazole rings is 1. The van der Waals surface area contributed by atoms with Gasteiger partial charge in [0.05, 0.1) is 21.8 Å². The quantitative estimate of drug-likeness (QED) is 0.946. The van der Waals surface area contributed by atoms with Crippen LogP contribution in [0.25, 0.3) is 10.2 Å². The molecule has 2 amide bonds. The van der Waals surface area contributed by atoms with Crippen LogP contribution in [0.2, 0.25) is 0 Å². The molecule has 3 rings (SSSR count). The van der Waals surface area contributed by atoms with Gasteiger partial charge in [0, 0.05) is 18.7 Å². The summed E-state index contributed by atoms with van der Waals surface area (Å²) in [6, 6.07) is 5.69. The molecule has 1 aliphatic rings. The topological polar surface area (TPSA) is 62.3 Å². The summed E-state index contributed by atoms with van der Waals surface area (Å²) in [7, 11) is 0. The average molecular weight is 317 g/mol. The van der Waals surface area contributed by atoms with Crippen molar-refractivity contribution in [2.75, 3.05) is 18.4 Å². The van der Waals surface area contributed by atoms with Crippen LogP contribution in [0.3, 0.4) is 0 Å². The number of carbonyl (C=O) groups excluding carboxylic acids is 2. The minimum absolute atomic E-state index is 0.0844. The molecular weight excluding hydrogens is 298 g/mol. The third-order valence-electron chi connectivity index (χ3n) is 3.78. The van der Waals surface area contributed by atoms with Crippen LogP contribution in [0.4, 0.5) is 5.69 Å². The Hall–Kier alpha value is -1.95. The molecule has 0 saturated carbocycles. The lowest BCUT2D eigenvalue weighted by molar-refractivity contribution is -0.134. The molecule has 1 N–H and O–H groups in total. The monoisotopic (exact) mass is 317 g/mol. The number of likely N-dealkylation sites (tertiary alicyclic amines) is 1. The van der Waals surface area contributed by atoms with Gasteiger partial charge in [-0.3, -0.25) is 9.59 Å². The fourth-order valence-electron chi connectivity index (χ4n) is 2.70. The van der Waals surface area contributed by atoms with Gasteiger partial charge in [-0.1, -0.05) is 6.42 Å². The van der Waals surface area contributed by atoms with Crippen molar-refractivity contribution in [3.05, 3.63) is 23.2 Å². The largest absolute Gasteiger partial charge is 0.333 e. The highest BCUT2D eigenvalue weighted by atomic mass is 32.1. The predicted molar refractivity (Wildman–Crippen MR) is 88.0 cm³/mol. The number of nitrogens with one attached hydrogen (secondary N) is 1. The van der Waals surface area contributed by atoms with E-state index in [0.717, 1.165) is 40.2 Å². The van der Waals surface area contributed by atoms with Gasteiger partial charge >= 0.3 is 0 Å². The molecule has 0 aliphatic carbocycles. The van der Waals surface area contributed by atoms with Gasteiger partial charge in [-0.25, -0.2) is 4.98 Å². The van der Waals surface area contributed by atoms with Gasteiger partial charge in [0.2, 0.25) is 11.8 Å². The van der Waals surface area contributed by atoms with E-state index in [1.807, 2.05) is 25.1 Å². The molecule has 2 aromatic rings. The van der Waals surface area contributed by atoms with Crippen LogP contribution in [0.15, 0.2) is 18.2 Å². The summed E-state index contributed by atoms with van der Waals surface area (Å²) in [5.74, 6) is -0.0583. The molecule has 1 aliphatic heterocycles. The molecular formula is C16H19N3O2S. The molecule has 0 bridgehead atoms. The van der Waals surface area contributed by atoms with Crippen LogP contribution >= 0.6 is 11.3 Å². The molecule has 1 aromatic heterocycles. The fourth-order valence-corrected chi connectivity index (χ4v) is 3.56. The van der Waals surface area contributed by atoms with Crippen molar-refractivity contribution in [1.29, 1.82) is 0 Å². The van der Waals surface area contributed by atoms with E-state index in [4.69, 9.17) is 0 Å². The van der Waals surface area contributed by atoms with Gasteiger partial charge in [-0.15, -0.1) is 11.3 Å². The van der Waals surface area contributed by atoms with E-state index in [1.54, 1.807) is 16.2 Å². The number of fused-ring (bicyclic) bond motifs is 1. The molecule has 0 atom stereocenters. The van der Waals surface area contributed by atoms with E-state index in [2.05, 4.69) is 10.3 Å². The first-order valence-corrected chi connectivity index (χ1v) is 8.38. The summed E-state index contributed by atoms with van der Waals surface area (Å²) in [6.45, 7) is 2.78. The maximum Gasteiger partial charge on any atom is 0.243 e. The lowest BCUT2D eigenvalue weighted by Gasteiger charge is -2.19. The molecule has 0 spiro atoms. The lowest BCUT2D eigenvalue weighted by atomic mass is 10.2. The Morgan fingerprint density at radius 2 is 2.23 bits per heavy atom. The van der Waals surface area contributed by atoms with Crippen molar-refractivity contribution < 1.29 is 9.59 Å². The summed E-state index contributed by atoms with van der Waals surface area (Å²) in [5, 5.41) is 3.89. The molecule has 2 heterocycles. The first-order valence-electron chi connectivity index (χ1n) is 7.56. The van der Waals surface area contributed by atoms with Crippen molar-refractivity contribution in [2.45, 2.75) is 32.6 Å². The van der Waals surface area contributed by atoms with Crippen molar-refractivity contribution in [3.8, 4) is 0 Å². The smallest absolute Gasteiger partial charge is 0.243 e. The highest BCUT2D eigenvalue weighted by Gasteiger charge is 2.19. The van der Waals surface area contributed by atoms with E-state index in [-0.39, 0.29) is 18.4 Å².